The molecule has 0 aliphatic rings. The van der Waals surface area contributed by atoms with Crippen LogP contribution in [0.3, 0.4) is 0 Å². The van der Waals surface area contributed by atoms with Gasteiger partial charge in [-0.15, -0.1) is 0 Å². The summed E-state index contributed by atoms with van der Waals surface area (Å²) in [7, 11) is 0. The molecule has 0 unspecified atom stereocenters. The Hall–Kier alpha value is -2.82. The van der Waals surface area contributed by atoms with Crippen LogP contribution in [0.25, 0.3) is 11.1 Å². The van der Waals surface area contributed by atoms with Gasteiger partial charge in [-0.3, -0.25) is 4.98 Å². The summed E-state index contributed by atoms with van der Waals surface area (Å²) in [4.78, 5) is 4.12. The molecule has 0 saturated heterocycles. The lowest BCUT2D eigenvalue weighted by atomic mass is 10.0. The molecular formula is C20H16F3NO. The van der Waals surface area contributed by atoms with Gasteiger partial charge >= 0.3 is 6.18 Å². The first kappa shape index (κ1) is 17.0. The molecule has 0 bridgehead atoms. The summed E-state index contributed by atoms with van der Waals surface area (Å²) in [6.07, 6.45) is -1.17. The number of alkyl halides is 3. The van der Waals surface area contributed by atoms with E-state index < -0.39 is 11.7 Å². The Morgan fingerprint density at radius 1 is 0.920 bits per heavy atom. The van der Waals surface area contributed by atoms with Gasteiger partial charge in [0.25, 0.3) is 0 Å². The number of benzene rings is 2. The molecule has 3 aromatic rings. The van der Waals surface area contributed by atoms with Crippen LogP contribution in [0.5, 0.6) is 5.75 Å². The molecule has 1 heterocycles. The predicted molar refractivity (Wildman–Crippen MR) is 90.2 cm³/mol. The number of halogens is 3. The van der Waals surface area contributed by atoms with Crippen LogP contribution < -0.4 is 4.74 Å². The number of ether oxygens (including phenoxy) is 1. The Kier molecular flexibility index (Phi) is 4.74. The first-order chi connectivity index (χ1) is 11.9. The van der Waals surface area contributed by atoms with Crippen molar-refractivity contribution >= 4 is 0 Å². The normalized spacial score (nSPS) is 11.4. The first-order valence-corrected chi connectivity index (χ1v) is 7.73. The molecule has 0 saturated carbocycles. The highest BCUT2D eigenvalue weighted by Crippen LogP contribution is 2.32. The summed E-state index contributed by atoms with van der Waals surface area (Å²) in [6.45, 7) is 2.27. The van der Waals surface area contributed by atoms with E-state index in [0.717, 1.165) is 29.0 Å². The Bertz CT molecular complexity index is 875. The largest absolute Gasteiger partial charge is 0.489 e. The molecule has 5 heteroatoms. The van der Waals surface area contributed by atoms with Gasteiger partial charge in [-0.05, 0) is 48.4 Å². The topological polar surface area (TPSA) is 22.1 Å². The summed E-state index contributed by atoms with van der Waals surface area (Å²) in [6, 6.07) is 14.7. The van der Waals surface area contributed by atoms with Crippen LogP contribution in [0.1, 0.15) is 16.7 Å². The van der Waals surface area contributed by atoms with Crippen molar-refractivity contribution in [1.29, 1.82) is 0 Å². The van der Waals surface area contributed by atoms with E-state index in [2.05, 4.69) is 4.98 Å². The molecule has 0 fully saturated rings. The van der Waals surface area contributed by atoms with Gasteiger partial charge in [0.1, 0.15) is 12.4 Å². The smallest absolute Gasteiger partial charge is 0.416 e. The number of pyridine rings is 1. The lowest BCUT2D eigenvalue weighted by molar-refractivity contribution is -0.137. The molecule has 128 valence electrons. The molecule has 0 spiro atoms. The third kappa shape index (κ3) is 4.38. The maximum Gasteiger partial charge on any atom is 0.416 e. The molecule has 25 heavy (non-hydrogen) atoms. The number of hydrogen-bond donors (Lipinski definition) is 0. The van der Waals surface area contributed by atoms with Crippen molar-refractivity contribution in [2.45, 2.75) is 19.7 Å². The summed E-state index contributed by atoms with van der Waals surface area (Å²) in [5.74, 6) is 0.740. The van der Waals surface area contributed by atoms with Crippen molar-refractivity contribution in [2.75, 3.05) is 0 Å². The zero-order chi connectivity index (χ0) is 17.9. The van der Waals surface area contributed by atoms with Crippen molar-refractivity contribution in [2.24, 2.45) is 0 Å². The number of hydrogen-bond acceptors (Lipinski definition) is 2. The predicted octanol–water partition coefficient (Wildman–Crippen LogP) is 5.65. The second-order valence-electron chi connectivity index (χ2n) is 5.77. The van der Waals surface area contributed by atoms with Crippen LogP contribution in [0, 0.1) is 6.92 Å². The van der Waals surface area contributed by atoms with E-state index in [1.165, 1.54) is 6.07 Å². The fourth-order valence-electron chi connectivity index (χ4n) is 2.47. The molecule has 0 radical (unpaired) electrons. The molecule has 3 rings (SSSR count). The second kappa shape index (κ2) is 6.97. The molecular weight excluding hydrogens is 327 g/mol. The first-order valence-electron chi connectivity index (χ1n) is 7.73. The van der Waals surface area contributed by atoms with Crippen LogP contribution in [0.4, 0.5) is 13.2 Å². The lowest BCUT2D eigenvalue weighted by Gasteiger charge is -2.10. The molecule has 0 aliphatic heterocycles. The van der Waals surface area contributed by atoms with Crippen molar-refractivity contribution in [3.8, 4) is 16.9 Å². The molecule has 0 atom stereocenters. The number of aryl methyl sites for hydroxylation is 1. The average Bonchev–Trinajstić information content (AvgIpc) is 2.60. The molecule has 0 amide bonds. The second-order valence-corrected chi connectivity index (χ2v) is 5.77. The zero-order valence-electron chi connectivity index (χ0n) is 13.5. The fourth-order valence-corrected chi connectivity index (χ4v) is 2.47. The number of nitrogens with zero attached hydrogens (tertiary/aromatic N) is 1. The fraction of sp³-hybridized carbons (Fsp3) is 0.150. The van der Waals surface area contributed by atoms with Crippen molar-refractivity contribution in [3.05, 3.63) is 83.7 Å². The maximum absolute atomic E-state index is 12.9. The summed E-state index contributed by atoms with van der Waals surface area (Å²) in [5.41, 5.74) is 2.30. The monoisotopic (exact) mass is 343 g/mol. The zero-order valence-corrected chi connectivity index (χ0v) is 13.5. The maximum atomic E-state index is 12.9. The summed E-state index contributed by atoms with van der Waals surface area (Å²) in [5, 5.41) is 0. The van der Waals surface area contributed by atoms with E-state index in [1.807, 2.05) is 31.2 Å². The van der Waals surface area contributed by atoms with E-state index in [4.69, 9.17) is 4.74 Å². The third-order valence-electron chi connectivity index (χ3n) is 3.71. The Balaban J connectivity index is 1.80. The van der Waals surface area contributed by atoms with Gasteiger partial charge in [0.05, 0.1) is 5.56 Å². The van der Waals surface area contributed by atoms with Crippen molar-refractivity contribution in [1.82, 2.24) is 4.98 Å². The standard InChI is InChI=1S/C20H16F3NO/c1-14-4-2-7-19(8-14)25-13-15-9-17(12-24-11-15)16-5-3-6-18(10-16)20(21,22)23/h2-12H,13H2,1H3. The van der Waals surface area contributed by atoms with Gasteiger partial charge in [-0.25, -0.2) is 0 Å². The van der Waals surface area contributed by atoms with Gasteiger partial charge in [0, 0.05) is 23.5 Å². The third-order valence-corrected chi connectivity index (χ3v) is 3.71. The van der Waals surface area contributed by atoms with Gasteiger partial charge < -0.3 is 4.74 Å². The van der Waals surface area contributed by atoms with Crippen molar-refractivity contribution < 1.29 is 17.9 Å². The minimum atomic E-state index is -4.37. The summed E-state index contributed by atoms with van der Waals surface area (Å²) < 4.78 is 44.3. The highest BCUT2D eigenvalue weighted by molar-refractivity contribution is 5.64. The summed E-state index contributed by atoms with van der Waals surface area (Å²) >= 11 is 0. The van der Waals surface area contributed by atoms with Gasteiger partial charge in [-0.1, -0.05) is 24.3 Å². The minimum Gasteiger partial charge on any atom is -0.489 e. The highest BCUT2D eigenvalue weighted by Gasteiger charge is 2.30. The molecule has 0 N–H and O–H groups in total. The molecule has 2 aromatic carbocycles. The van der Waals surface area contributed by atoms with Gasteiger partial charge in [0.15, 0.2) is 0 Å². The van der Waals surface area contributed by atoms with Gasteiger partial charge in [-0.2, -0.15) is 13.2 Å². The molecule has 2 nitrogen and oxygen atoms in total. The number of rotatable bonds is 4. The van der Waals surface area contributed by atoms with E-state index in [0.29, 0.717) is 17.7 Å². The average molecular weight is 343 g/mol. The van der Waals surface area contributed by atoms with Crippen LogP contribution in [-0.4, -0.2) is 4.98 Å². The Labute approximate surface area is 143 Å². The van der Waals surface area contributed by atoms with Crippen LogP contribution in [0.2, 0.25) is 0 Å². The SMILES string of the molecule is Cc1cccc(OCc2cncc(-c3cccc(C(F)(F)F)c3)c2)c1. The Morgan fingerprint density at radius 3 is 2.48 bits per heavy atom. The molecule has 0 aliphatic carbocycles. The molecule has 1 aromatic heterocycles. The van der Waals surface area contributed by atoms with E-state index in [1.54, 1.807) is 24.5 Å². The van der Waals surface area contributed by atoms with E-state index >= 15 is 0 Å². The lowest BCUT2D eigenvalue weighted by Crippen LogP contribution is -2.04. The van der Waals surface area contributed by atoms with Gasteiger partial charge in [0.2, 0.25) is 0 Å². The van der Waals surface area contributed by atoms with Crippen LogP contribution in [-0.2, 0) is 12.8 Å². The van der Waals surface area contributed by atoms with E-state index in [-0.39, 0.29) is 0 Å². The van der Waals surface area contributed by atoms with Crippen LogP contribution in [0.15, 0.2) is 67.0 Å². The van der Waals surface area contributed by atoms with Crippen molar-refractivity contribution in [3.63, 3.8) is 0 Å². The quantitative estimate of drug-likeness (QED) is 0.610. The van der Waals surface area contributed by atoms with Crippen LogP contribution >= 0.6 is 0 Å². The van der Waals surface area contributed by atoms with E-state index in [9.17, 15) is 13.2 Å². The number of aromatic nitrogens is 1. The minimum absolute atomic E-state index is 0.295. The Morgan fingerprint density at radius 2 is 1.72 bits per heavy atom. The highest BCUT2D eigenvalue weighted by atomic mass is 19.4.